The summed E-state index contributed by atoms with van der Waals surface area (Å²) in [6, 6.07) is 5.97. The van der Waals surface area contributed by atoms with Crippen molar-refractivity contribution in [1.82, 2.24) is 10.6 Å². The molecule has 0 fully saturated rings. The van der Waals surface area contributed by atoms with Crippen LogP contribution in [0, 0.1) is 6.92 Å². The quantitative estimate of drug-likeness (QED) is 0.630. The van der Waals surface area contributed by atoms with Gasteiger partial charge in [-0.1, -0.05) is 25.1 Å². The van der Waals surface area contributed by atoms with E-state index in [0.717, 1.165) is 10.6 Å². The molecule has 0 atom stereocenters. The Morgan fingerprint density at radius 3 is 2.42 bits per heavy atom. The van der Waals surface area contributed by atoms with Crippen LogP contribution in [0.15, 0.2) is 24.3 Å². The number of imide groups is 1. The lowest BCUT2D eigenvalue weighted by molar-refractivity contribution is -0.146. The van der Waals surface area contributed by atoms with Gasteiger partial charge in [-0.25, -0.2) is 13.2 Å². The minimum absolute atomic E-state index is 0.343. The Morgan fingerprint density at radius 1 is 1.19 bits per heavy atom. The van der Waals surface area contributed by atoms with Crippen LogP contribution in [0.1, 0.15) is 18.9 Å². The second kappa shape index (κ2) is 9.76. The number of aryl methyl sites for hydroxylation is 1. The van der Waals surface area contributed by atoms with Crippen molar-refractivity contribution in [1.29, 1.82) is 0 Å². The Kier molecular flexibility index (Phi) is 8.04. The molecule has 0 saturated heterocycles. The Bertz CT molecular complexity index is 763. The average molecular weight is 385 g/mol. The smallest absolute Gasteiger partial charge is 0.327 e. The number of rotatable bonds is 8. The van der Waals surface area contributed by atoms with Gasteiger partial charge in [-0.15, -0.1) is 0 Å². The number of anilines is 1. The largest absolute Gasteiger partial charge is 0.454 e. The molecular weight excluding hydrogens is 362 g/mol. The fourth-order valence-electron chi connectivity index (χ4n) is 1.98. The molecular formula is C16H23N3O6S. The van der Waals surface area contributed by atoms with Crippen LogP contribution in [-0.2, 0) is 24.3 Å². The lowest BCUT2D eigenvalue weighted by Gasteiger charge is -2.23. The standard InChI is InChI=1S/C16H23N3O6S/c1-4-9-17-16(22)18-14(20)11-25-15(21)10-19(26(3,23)24)13-8-6-5-7-12(13)2/h5-8H,4,9-11H2,1-3H3,(H2,17,18,20,22). The molecule has 9 nitrogen and oxygen atoms in total. The molecule has 0 radical (unpaired) electrons. The topological polar surface area (TPSA) is 122 Å². The number of nitrogens with zero attached hydrogens (tertiary/aromatic N) is 1. The maximum Gasteiger partial charge on any atom is 0.327 e. The van der Waals surface area contributed by atoms with Gasteiger partial charge in [-0.3, -0.25) is 19.2 Å². The third-order valence-corrected chi connectivity index (χ3v) is 4.34. The number of esters is 1. The van der Waals surface area contributed by atoms with Crippen molar-refractivity contribution in [2.75, 3.05) is 30.3 Å². The molecule has 1 rings (SSSR count). The molecule has 0 heterocycles. The van der Waals surface area contributed by atoms with Crippen molar-refractivity contribution in [2.24, 2.45) is 0 Å². The highest BCUT2D eigenvalue weighted by Crippen LogP contribution is 2.21. The van der Waals surface area contributed by atoms with Crippen LogP contribution in [0.25, 0.3) is 0 Å². The van der Waals surface area contributed by atoms with Crippen LogP contribution >= 0.6 is 0 Å². The van der Waals surface area contributed by atoms with E-state index in [0.29, 0.717) is 24.2 Å². The third-order valence-electron chi connectivity index (χ3n) is 3.21. The van der Waals surface area contributed by atoms with Crippen molar-refractivity contribution >= 4 is 33.6 Å². The van der Waals surface area contributed by atoms with Gasteiger partial charge in [-0.05, 0) is 25.0 Å². The number of hydrogen-bond donors (Lipinski definition) is 2. The predicted molar refractivity (Wildman–Crippen MR) is 96.2 cm³/mol. The Morgan fingerprint density at radius 2 is 1.85 bits per heavy atom. The molecule has 0 aliphatic rings. The van der Waals surface area contributed by atoms with Gasteiger partial charge in [0.05, 0.1) is 11.9 Å². The van der Waals surface area contributed by atoms with Crippen molar-refractivity contribution < 1.29 is 27.5 Å². The van der Waals surface area contributed by atoms with E-state index in [9.17, 15) is 22.8 Å². The number of carbonyl (C=O) groups is 3. The Balaban J connectivity index is 2.65. The molecule has 10 heteroatoms. The van der Waals surface area contributed by atoms with E-state index in [1.165, 1.54) is 0 Å². The van der Waals surface area contributed by atoms with Crippen LogP contribution < -0.4 is 14.9 Å². The van der Waals surface area contributed by atoms with E-state index in [2.05, 4.69) is 5.32 Å². The first-order chi connectivity index (χ1) is 12.1. The number of benzene rings is 1. The van der Waals surface area contributed by atoms with Crippen LogP contribution in [0.3, 0.4) is 0 Å². The predicted octanol–water partition coefficient (Wildman–Crippen LogP) is 0.540. The van der Waals surface area contributed by atoms with Crippen molar-refractivity contribution in [3.8, 4) is 0 Å². The van der Waals surface area contributed by atoms with Crippen LogP contribution in [-0.4, -0.2) is 52.3 Å². The Hall–Kier alpha value is -2.62. The van der Waals surface area contributed by atoms with Crippen molar-refractivity contribution in [3.63, 3.8) is 0 Å². The first kappa shape index (κ1) is 21.4. The number of para-hydroxylation sites is 1. The number of nitrogens with one attached hydrogen (secondary N) is 2. The lowest BCUT2D eigenvalue weighted by atomic mass is 10.2. The average Bonchev–Trinajstić information content (AvgIpc) is 2.56. The molecule has 26 heavy (non-hydrogen) atoms. The van der Waals surface area contributed by atoms with E-state index in [4.69, 9.17) is 4.74 Å². The zero-order valence-electron chi connectivity index (χ0n) is 14.9. The van der Waals surface area contributed by atoms with E-state index >= 15 is 0 Å². The SMILES string of the molecule is CCCNC(=O)NC(=O)COC(=O)CN(c1ccccc1C)S(C)(=O)=O. The summed E-state index contributed by atoms with van der Waals surface area (Å²) in [5, 5.41) is 4.43. The van der Waals surface area contributed by atoms with E-state index in [-0.39, 0.29) is 0 Å². The zero-order valence-corrected chi connectivity index (χ0v) is 15.8. The summed E-state index contributed by atoms with van der Waals surface area (Å²) in [6.07, 6.45) is 1.67. The summed E-state index contributed by atoms with van der Waals surface area (Å²) in [6.45, 7) is 2.69. The number of amides is 3. The first-order valence-electron chi connectivity index (χ1n) is 7.91. The number of carbonyl (C=O) groups excluding carboxylic acids is 3. The summed E-state index contributed by atoms with van der Waals surface area (Å²) in [7, 11) is -3.74. The van der Waals surface area contributed by atoms with Gasteiger partial charge in [0.2, 0.25) is 10.0 Å². The number of ether oxygens (including phenoxy) is 1. The maximum absolute atomic E-state index is 12.0. The Labute approximate surface area is 152 Å². The van der Waals surface area contributed by atoms with Gasteiger partial charge in [-0.2, -0.15) is 0 Å². The second-order valence-corrected chi connectivity index (χ2v) is 7.43. The van der Waals surface area contributed by atoms with Crippen LogP contribution in [0.2, 0.25) is 0 Å². The maximum atomic E-state index is 12.0. The fourth-order valence-corrected chi connectivity index (χ4v) is 2.88. The zero-order chi connectivity index (χ0) is 19.7. The molecule has 0 bridgehead atoms. The molecule has 0 aliphatic heterocycles. The van der Waals surface area contributed by atoms with Gasteiger partial charge in [0.25, 0.3) is 5.91 Å². The number of hydrogen-bond acceptors (Lipinski definition) is 6. The molecule has 0 unspecified atom stereocenters. The summed E-state index contributed by atoms with van der Waals surface area (Å²) in [5.41, 5.74) is 1.01. The molecule has 2 N–H and O–H groups in total. The molecule has 3 amide bonds. The summed E-state index contributed by atoms with van der Waals surface area (Å²) in [5.74, 6) is -1.73. The molecule has 0 spiro atoms. The minimum atomic E-state index is -3.74. The highest BCUT2D eigenvalue weighted by Gasteiger charge is 2.23. The number of urea groups is 1. The molecule has 1 aromatic rings. The summed E-state index contributed by atoms with van der Waals surface area (Å²) in [4.78, 5) is 34.8. The summed E-state index contributed by atoms with van der Waals surface area (Å²) >= 11 is 0. The molecule has 0 aromatic heterocycles. The molecule has 0 aliphatic carbocycles. The minimum Gasteiger partial charge on any atom is -0.454 e. The van der Waals surface area contributed by atoms with Gasteiger partial charge in [0, 0.05) is 6.54 Å². The van der Waals surface area contributed by atoms with Gasteiger partial charge >= 0.3 is 12.0 Å². The fraction of sp³-hybridized carbons (Fsp3) is 0.438. The summed E-state index contributed by atoms with van der Waals surface area (Å²) < 4.78 is 29.6. The second-order valence-electron chi connectivity index (χ2n) is 5.52. The van der Waals surface area contributed by atoms with E-state index in [1.54, 1.807) is 31.2 Å². The van der Waals surface area contributed by atoms with Gasteiger partial charge in [0.15, 0.2) is 6.61 Å². The van der Waals surface area contributed by atoms with Gasteiger partial charge in [0.1, 0.15) is 6.54 Å². The third kappa shape index (κ3) is 7.09. The lowest BCUT2D eigenvalue weighted by Crippen LogP contribution is -2.42. The van der Waals surface area contributed by atoms with Crippen LogP contribution in [0.4, 0.5) is 10.5 Å². The first-order valence-corrected chi connectivity index (χ1v) is 9.76. The highest BCUT2D eigenvalue weighted by atomic mass is 32.2. The highest BCUT2D eigenvalue weighted by molar-refractivity contribution is 7.92. The van der Waals surface area contributed by atoms with Crippen LogP contribution in [0.5, 0.6) is 0 Å². The van der Waals surface area contributed by atoms with E-state index < -0.39 is 41.1 Å². The molecule has 144 valence electrons. The van der Waals surface area contributed by atoms with Gasteiger partial charge < -0.3 is 10.1 Å². The van der Waals surface area contributed by atoms with Crippen molar-refractivity contribution in [3.05, 3.63) is 29.8 Å². The van der Waals surface area contributed by atoms with E-state index in [1.807, 2.05) is 12.2 Å². The molecule has 0 saturated carbocycles. The monoisotopic (exact) mass is 385 g/mol. The van der Waals surface area contributed by atoms with Crippen molar-refractivity contribution in [2.45, 2.75) is 20.3 Å². The molecule has 1 aromatic carbocycles. The normalized spacial score (nSPS) is 10.7. The number of sulfonamides is 1.